The Bertz CT molecular complexity index is 1550. The molecule has 42 heavy (non-hydrogen) atoms. The molecule has 1 amide bonds. The Morgan fingerprint density at radius 1 is 1.12 bits per heavy atom. The van der Waals surface area contributed by atoms with Crippen LogP contribution in [0, 0.1) is 25.6 Å². The van der Waals surface area contributed by atoms with Crippen LogP contribution >= 0.6 is 11.6 Å². The lowest BCUT2D eigenvalue weighted by atomic mass is 10.00. The van der Waals surface area contributed by atoms with Gasteiger partial charge in [0.2, 0.25) is 5.95 Å². The van der Waals surface area contributed by atoms with Gasteiger partial charge in [-0.3, -0.25) is 0 Å². The maximum atomic E-state index is 14.9. The molecule has 1 N–H and O–H groups in total. The van der Waals surface area contributed by atoms with Crippen LogP contribution < -0.4 is 19.7 Å². The second kappa shape index (κ2) is 13.2. The van der Waals surface area contributed by atoms with Gasteiger partial charge in [0.1, 0.15) is 11.6 Å². The fourth-order valence-electron chi connectivity index (χ4n) is 5.02. The number of nitrogens with zero attached hydrogens (tertiary/aromatic N) is 4. The van der Waals surface area contributed by atoms with E-state index in [4.69, 9.17) is 21.1 Å². The lowest BCUT2D eigenvalue weighted by Gasteiger charge is -2.29. The highest BCUT2D eigenvalue weighted by Gasteiger charge is 2.25. The summed E-state index contributed by atoms with van der Waals surface area (Å²) in [5, 5.41) is 3.35. The summed E-state index contributed by atoms with van der Waals surface area (Å²) in [5.74, 6) is 0.912. The summed E-state index contributed by atoms with van der Waals surface area (Å²) in [7, 11) is 2.09. The van der Waals surface area contributed by atoms with Gasteiger partial charge < -0.3 is 19.7 Å². The number of benzene rings is 3. The Balaban J connectivity index is 1.36. The SMILES string of the molecule is Cc1cccc(C)c1OC(=O)N(c1ccnc(Nc2ccc(OCC3CCCN(C)C3)c(F)c2)n1)c1ccccc1Cl. The summed E-state index contributed by atoms with van der Waals surface area (Å²) < 4.78 is 26.6. The molecule has 8 nitrogen and oxygen atoms in total. The molecule has 1 fully saturated rings. The zero-order chi connectivity index (χ0) is 29.6. The number of anilines is 4. The molecule has 1 aliphatic rings. The van der Waals surface area contributed by atoms with Crippen LogP contribution in [0.1, 0.15) is 24.0 Å². The number of aryl methyl sites for hydroxylation is 2. The average molecular weight is 590 g/mol. The normalized spacial score (nSPS) is 15.2. The minimum Gasteiger partial charge on any atom is -0.490 e. The minimum atomic E-state index is -0.693. The van der Waals surface area contributed by atoms with Crippen molar-refractivity contribution in [2.75, 3.05) is 37.0 Å². The molecule has 0 saturated carbocycles. The van der Waals surface area contributed by atoms with Gasteiger partial charge in [-0.05, 0) is 75.7 Å². The highest BCUT2D eigenvalue weighted by Crippen LogP contribution is 2.34. The number of aromatic nitrogens is 2. The fraction of sp³-hybridized carbons (Fsp3) is 0.281. The van der Waals surface area contributed by atoms with E-state index in [9.17, 15) is 9.18 Å². The Labute approximate surface area is 250 Å². The summed E-state index contributed by atoms with van der Waals surface area (Å²) in [5.41, 5.74) is 2.44. The molecule has 2 heterocycles. The van der Waals surface area contributed by atoms with Gasteiger partial charge in [0.25, 0.3) is 0 Å². The second-order valence-corrected chi connectivity index (χ2v) is 10.9. The van der Waals surface area contributed by atoms with Crippen molar-refractivity contribution in [1.82, 2.24) is 14.9 Å². The number of nitrogens with one attached hydrogen (secondary N) is 1. The van der Waals surface area contributed by atoms with Crippen molar-refractivity contribution in [1.29, 1.82) is 0 Å². The Morgan fingerprint density at radius 2 is 1.90 bits per heavy atom. The van der Waals surface area contributed by atoms with E-state index in [-0.39, 0.29) is 17.5 Å². The third-order valence-corrected chi connectivity index (χ3v) is 7.45. The van der Waals surface area contributed by atoms with E-state index in [1.807, 2.05) is 32.0 Å². The smallest absolute Gasteiger partial charge is 0.425 e. The van der Waals surface area contributed by atoms with Crippen LogP contribution in [0.3, 0.4) is 0 Å². The monoisotopic (exact) mass is 589 g/mol. The summed E-state index contributed by atoms with van der Waals surface area (Å²) in [4.78, 5) is 26.0. The molecule has 0 radical (unpaired) electrons. The van der Waals surface area contributed by atoms with Gasteiger partial charge in [-0.25, -0.2) is 19.1 Å². The number of halogens is 2. The first kappa shape index (κ1) is 29.3. The average Bonchev–Trinajstić information content (AvgIpc) is 2.96. The topological polar surface area (TPSA) is 79.8 Å². The summed E-state index contributed by atoms with van der Waals surface area (Å²) in [6.07, 6.45) is 2.99. The molecule has 0 aliphatic carbocycles. The number of hydrogen-bond acceptors (Lipinski definition) is 7. The van der Waals surface area contributed by atoms with E-state index >= 15 is 0 Å². The molecule has 1 aromatic heterocycles. The molecule has 0 bridgehead atoms. The van der Waals surface area contributed by atoms with Crippen molar-refractivity contribution in [3.8, 4) is 11.5 Å². The Kier molecular flexibility index (Phi) is 9.19. The van der Waals surface area contributed by atoms with Crippen LogP contribution in [0.5, 0.6) is 11.5 Å². The lowest BCUT2D eigenvalue weighted by molar-refractivity contribution is 0.147. The third-order valence-electron chi connectivity index (χ3n) is 7.13. The van der Waals surface area contributed by atoms with Gasteiger partial charge in [-0.15, -0.1) is 0 Å². The molecule has 218 valence electrons. The van der Waals surface area contributed by atoms with Gasteiger partial charge in [-0.1, -0.05) is 41.9 Å². The van der Waals surface area contributed by atoms with E-state index in [0.29, 0.717) is 34.7 Å². The van der Waals surface area contributed by atoms with Crippen LogP contribution in [0.2, 0.25) is 5.02 Å². The number of likely N-dealkylation sites (tertiary alicyclic amines) is 1. The van der Waals surface area contributed by atoms with E-state index < -0.39 is 11.9 Å². The van der Waals surface area contributed by atoms with Crippen LogP contribution in [0.4, 0.5) is 32.3 Å². The summed E-state index contributed by atoms with van der Waals surface area (Å²) in [6.45, 7) is 6.23. The molecule has 10 heteroatoms. The number of carbonyl (C=O) groups excluding carboxylic acids is 1. The zero-order valence-electron chi connectivity index (χ0n) is 23.8. The summed E-state index contributed by atoms with van der Waals surface area (Å²) >= 11 is 6.50. The molecular formula is C32H33ClFN5O3. The Morgan fingerprint density at radius 3 is 2.64 bits per heavy atom. The van der Waals surface area contributed by atoms with Crippen molar-refractivity contribution >= 4 is 40.8 Å². The zero-order valence-corrected chi connectivity index (χ0v) is 24.6. The summed E-state index contributed by atoms with van der Waals surface area (Å²) in [6, 6.07) is 18.7. The highest BCUT2D eigenvalue weighted by molar-refractivity contribution is 6.34. The second-order valence-electron chi connectivity index (χ2n) is 10.5. The van der Waals surface area contributed by atoms with E-state index in [0.717, 1.165) is 37.1 Å². The minimum absolute atomic E-state index is 0.155. The van der Waals surface area contributed by atoms with Crippen molar-refractivity contribution in [3.63, 3.8) is 0 Å². The molecule has 5 rings (SSSR count). The first-order chi connectivity index (χ1) is 20.3. The number of piperidine rings is 1. The first-order valence-corrected chi connectivity index (χ1v) is 14.2. The number of hydrogen-bond donors (Lipinski definition) is 1. The van der Waals surface area contributed by atoms with Crippen LogP contribution in [-0.4, -0.2) is 47.7 Å². The highest BCUT2D eigenvalue weighted by atomic mass is 35.5. The molecule has 0 spiro atoms. The van der Waals surface area contributed by atoms with Gasteiger partial charge in [0.15, 0.2) is 11.6 Å². The van der Waals surface area contributed by atoms with Gasteiger partial charge in [-0.2, -0.15) is 4.98 Å². The van der Waals surface area contributed by atoms with Crippen molar-refractivity contribution < 1.29 is 18.7 Å². The number of carbonyl (C=O) groups is 1. The van der Waals surface area contributed by atoms with Crippen LogP contribution in [-0.2, 0) is 0 Å². The van der Waals surface area contributed by atoms with Crippen molar-refractivity contribution in [2.45, 2.75) is 26.7 Å². The molecule has 1 unspecified atom stereocenters. The lowest BCUT2D eigenvalue weighted by Crippen LogP contribution is -2.34. The first-order valence-electron chi connectivity index (χ1n) is 13.8. The van der Waals surface area contributed by atoms with E-state index in [1.54, 1.807) is 42.5 Å². The molecule has 1 saturated heterocycles. The van der Waals surface area contributed by atoms with Gasteiger partial charge in [0, 0.05) is 36.5 Å². The largest absolute Gasteiger partial charge is 0.490 e. The number of amides is 1. The van der Waals surface area contributed by atoms with Crippen molar-refractivity contribution in [3.05, 3.63) is 94.9 Å². The number of rotatable bonds is 8. The quantitative estimate of drug-likeness (QED) is 0.226. The van der Waals surface area contributed by atoms with Gasteiger partial charge in [0.05, 0.1) is 17.3 Å². The van der Waals surface area contributed by atoms with E-state index in [2.05, 4.69) is 27.2 Å². The maximum Gasteiger partial charge on any atom is 0.425 e. The predicted molar refractivity (Wildman–Crippen MR) is 163 cm³/mol. The maximum absolute atomic E-state index is 14.9. The van der Waals surface area contributed by atoms with E-state index in [1.165, 1.54) is 17.2 Å². The third kappa shape index (κ3) is 6.98. The van der Waals surface area contributed by atoms with Crippen LogP contribution in [0.15, 0.2) is 72.9 Å². The fourth-order valence-corrected chi connectivity index (χ4v) is 5.24. The number of ether oxygens (including phenoxy) is 2. The standard InChI is InChI=1S/C32H33ClFN5O3/c1-21-8-6-9-22(2)30(21)42-32(40)39(27-12-5-4-11-25(27)33)29-15-16-35-31(37-29)36-24-13-14-28(26(34)18-24)41-20-23-10-7-17-38(3)19-23/h4-6,8-9,11-16,18,23H,7,10,17,19-20H2,1-3H3,(H,35,36,37). The van der Waals surface area contributed by atoms with Crippen LogP contribution in [0.25, 0.3) is 0 Å². The molecular weight excluding hydrogens is 557 g/mol. The predicted octanol–water partition coefficient (Wildman–Crippen LogP) is 7.69. The molecule has 1 atom stereocenters. The Hall–Kier alpha value is -4.21. The number of para-hydroxylation sites is 2. The molecule has 3 aromatic carbocycles. The molecule has 1 aliphatic heterocycles. The molecule has 4 aromatic rings. The van der Waals surface area contributed by atoms with Crippen molar-refractivity contribution in [2.24, 2.45) is 5.92 Å². The van der Waals surface area contributed by atoms with Gasteiger partial charge >= 0.3 is 6.09 Å².